The molecular formula is C20H12O4. The number of fused-ring (bicyclic) bond motifs is 2. The maximum atomic E-state index is 12.6. The molecule has 1 N–H and O–H groups in total. The molecule has 4 aromatic rings. The number of carbonyl (C=O) groups excluding carboxylic acids is 1. The van der Waals surface area contributed by atoms with Gasteiger partial charge in [0.05, 0.1) is 16.3 Å². The summed E-state index contributed by atoms with van der Waals surface area (Å²) in [6.07, 6.45) is 0. The zero-order valence-corrected chi connectivity index (χ0v) is 12.5. The lowest BCUT2D eigenvalue weighted by atomic mass is 10.0. The SMILES string of the molecule is O=C(c1ccc2oc3ccccc3c(=O)c2c1)c1ccccc1O. The minimum Gasteiger partial charge on any atom is -0.507 e. The Bertz CT molecular complexity index is 1160. The molecule has 4 rings (SSSR count). The van der Waals surface area contributed by atoms with Crippen LogP contribution in [0, 0.1) is 0 Å². The van der Waals surface area contributed by atoms with Crippen molar-refractivity contribution in [3.63, 3.8) is 0 Å². The summed E-state index contributed by atoms with van der Waals surface area (Å²) in [4.78, 5) is 25.2. The van der Waals surface area contributed by atoms with Crippen molar-refractivity contribution in [3.05, 3.63) is 88.1 Å². The number of hydrogen-bond donors (Lipinski definition) is 1. The Morgan fingerprint density at radius 2 is 1.54 bits per heavy atom. The van der Waals surface area contributed by atoms with E-state index in [1.807, 2.05) is 0 Å². The van der Waals surface area contributed by atoms with Gasteiger partial charge in [-0.15, -0.1) is 0 Å². The van der Waals surface area contributed by atoms with Crippen LogP contribution >= 0.6 is 0 Å². The molecule has 116 valence electrons. The van der Waals surface area contributed by atoms with Gasteiger partial charge in [-0.25, -0.2) is 0 Å². The van der Waals surface area contributed by atoms with E-state index in [1.165, 1.54) is 12.1 Å². The average Bonchev–Trinajstić information content (AvgIpc) is 2.62. The van der Waals surface area contributed by atoms with Crippen LogP contribution in [0.4, 0.5) is 0 Å². The van der Waals surface area contributed by atoms with E-state index in [2.05, 4.69) is 0 Å². The zero-order valence-electron chi connectivity index (χ0n) is 12.5. The van der Waals surface area contributed by atoms with Gasteiger partial charge in [0.15, 0.2) is 5.78 Å². The van der Waals surface area contributed by atoms with Gasteiger partial charge in [-0.1, -0.05) is 24.3 Å². The van der Waals surface area contributed by atoms with Gasteiger partial charge in [0.1, 0.15) is 16.9 Å². The number of carbonyl (C=O) groups is 1. The molecule has 0 spiro atoms. The van der Waals surface area contributed by atoms with Crippen molar-refractivity contribution >= 4 is 27.7 Å². The fourth-order valence-corrected chi connectivity index (χ4v) is 2.77. The summed E-state index contributed by atoms with van der Waals surface area (Å²) in [7, 11) is 0. The van der Waals surface area contributed by atoms with Crippen molar-refractivity contribution in [2.24, 2.45) is 0 Å². The van der Waals surface area contributed by atoms with Gasteiger partial charge in [-0.05, 0) is 42.5 Å². The third kappa shape index (κ3) is 2.16. The van der Waals surface area contributed by atoms with Crippen molar-refractivity contribution < 1.29 is 14.3 Å². The van der Waals surface area contributed by atoms with Crippen LogP contribution in [-0.2, 0) is 0 Å². The van der Waals surface area contributed by atoms with E-state index in [0.29, 0.717) is 27.5 Å². The number of phenolic OH excluding ortho intramolecular Hbond substituents is 1. The van der Waals surface area contributed by atoms with E-state index < -0.39 is 0 Å². The number of aromatic hydroxyl groups is 1. The van der Waals surface area contributed by atoms with Gasteiger partial charge in [-0.2, -0.15) is 0 Å². The van der Waals surface area contributed by atoms with Gasteiger partial charge >= 0.3 is 0 Å². The van der Waals surface area contributed by atoms with Crippen LogP contribution in [0.5, 0.6) is 5.75 Å². The van der Waals surface area contributed by atoms with E-state index in [1.54, 1.807) is 54.6 Å². The number of phenols is 1. The minimum atomic E-state index is -0.345. The molecular weight excluding hydrogens is 304 g/mol. The first-order valence-corrected chi connectivity index (χ1v) is 7.43. The highest BCUT2D eigenvalue weighted by atomic mass is 16.3. The van der Waals surface area contributed by atoms with Crippen molar-refractivity contribution in [1.82, 2.24) is 0 Å². The average molecular weight is 316 g/mol. The predicted molar refractivity (Wildman–Crippen MR) is 91.5 cm³/mol. The molecule has 0 saturated heterocycles. The van der Waals surface area contributed by atoms with Crippen molar-refractivity contribution in [1.29, 1.82) is 0 Å². The smallest absolute Gasteiger partial charge is 0.200 e. The molecule has 0 saturated carbocycles. The van der Waals surface area contributed by atoms with E-state index in [9.17, 15) is 14.7 Å². The van der Waals surface area contributed by atoms with Gasteiger partial charge < -0.3 is 9.52 Å². The fraction of sp³-hybridized carbons (Fsp3) is 0. The van der Waals surface area contributed by atoms with E-state index >= 15 is 0 Å². The molecule has 0 aliphatic heterocycles. The molecule has 0 aliphatic carbocycles. The first-order valence-electron chi connectivity index (χ1n) is 7.43. The van der Waals surface area contributed by atoms with Crippen LogP contribution in [0.3, 0.4) is 0 Å². The molecule has 0 bridgehead atoms. The molecule has 24 heavy (non-hydrogen) atoms. The van der Waals surface area contributed by atoms with Crippen LogP contribution in [0.15, 0.2) is 75.9 Å². The quantitative estimate of drug-likeness (QED) is 0.450. The lowest BCUT2D eigenvalue weighted by Crippen LogP contribution is -2.06. The first kappa shape index (κ1) is 14.2. The summed E-state index contributed by atoms with van der Waals surface area (Å²) in [5, 5.41) is 10.7. The van der Waals surface area contributed by atoms with E-state index in [-0.39, 0.29) is 22.5 Å². The largest absolute Gasteiger partial charge is 0.507 e. The Morgan fingerprint density at radius 1 is 0.833 bits per heavy atom. The van der Waals surface area contributed by atoms with Gasteiger partial charge in [-0.3, -0.25) is 9.59 Å². The summed E-state index contributed by atoms with van der Waals surface area (Å²) in [6, 6.07) is 18.0. The topological polar surface area (TPSA) is 67.5 Å². The standard InChI is InChI=1S/C20H12O4/c21-16-7-3-1-5-13(16)19(22)12-9-10-18-15(11-12)20(23)14-6-2-4-8-17(14)24-18/h1-11,21H. The number of ketones is 1. The predicted octanol–water partition coefficient (Wildman–Crippen LogP) is 3.88. The Hall–Kier alpha value is -3.40. The molecule has 0 atom stereocenters. The fourth-order valence-electron chi connectivity index (χ4n) is 2.77. The second-order valence-corrected chi connectivity index (χ2v) is 5.48. The van der Waals surface area contributed by atoms with Gasteiger partial charge in [0.2, 0.25) is 5.43 Å². The molecule has 0 fully saturated rings. The summed E-state index contributed by atoms with van der Waals surface area (Å²) in [5.74, 6) is -0.435. The second-order valence-electron chi connectivity index (χ2n) is 5.48. The van der Waals surface area contributed by atoms with Crippen LogP contribution in [0.25, 0.3) is 21.9 Å². The maximum Gasteiger partial charge on any atom is 0.200 e. The molecule has 1 heterocycles. The van der Waals surface area contributed by atoms with Crippen molar-refractivity contribution in [3.8, 4) is 5.75 Å². The molecule has 1 aromatic heterocycles. The highest BCUT2D eigenvalue weighted by Crippen LogP contribution is 2.23. The molecule has 0 aliphatic rings. The lowest BCUT2D eigenvalue weighted by molar-refractivity contribution is 0.103. The number of para-hydroxylation sites is 2. The summed E-state index contributed by atoms with van der Waals surface area (Å²) < 4.78 is 5.73. The monoisotopic (exact) mass is 316 g/mol. The normalized spacial score (nSPS) is 11.0. The zero-order chi connectivity index (χ0) is 16.7. The third-order valence-corrected chi connectivity index (χ3v) is 3.99. The Balaban J connectivity index is 1.94. The summed E-state index contributed by atoms with van der Waals surface area (Å²) >= 11 is 0. The number of rotatable bonds is 2. The van der Waals surface area contributed by atoms with E-state index in [0.717, 1.165) is 0 Å². The van der Waals surface area contributed by atoms with Crippen LogP contribution in [-0.4, -0.2) is 10.9 Å². The van der Waals surface area contributed by atoms with Crippen molar-refractivity contribution in [2.45, 2.75) is 0 Å². The van der Waals surface area contributed by atoms with E-state index in [4.69, 9.17) is 4.42 Å². The lowest BCUT2D eigenvalue weighted by Gasteiger charge is -2.06. The molecule has 4 heteroatoms. The van der Waals surface area contributed by atoms with Crippen LogP contribution < -0.4 is 5.43 Å². The highest BCUT2D eigenvalue weighted by molar-refractivity contribution is 6.12. The Labute approximate surface area is 136 Å². The molecule has 0 unspecified atom stereocenters. The molecule has 4 nitrogen and oxygen atoms in total. The molecule has 0 amide bonds. The minimum absolute atomic E-state index is 0.0897. The van der Waals surface area contributed by atoms with Gasteiger partial charge in [0.25, 0.3) is 0 Å². The highest BCUT2D eigenvalue weighted by Gasteiger charge is 2.15. The van der Waals surface area contributed by atoms with Crippen LogP contribution in [0.2, 0.25) is 0 Å². The van der Waals surface area contributed by atoms with Gasteiger partial charge in [0, 0.05) is 5.56 Å². The maximum absolute atomic E-state index is 12.6. The Morgan fingerprint density at radius 3 is 2.38 bits per heavy atom. The first-order chi connectivity index (χ1) is 11.6. The third-order valence-electron chi connectivity index (χ3n) is 3.99. The number of benzene rings is 3. The molecule has 0 radical (unpaired) electrons. The van der Waals surface area contributed by atoms with Crippen LogP contribution in [0.1, 0.15) is 15.9 Å². The van der Waals surface area contributed by atoms with Crippen molar-refractivity contribution in [2.75, 3.05) is 0 Å². The summed E-state index contributed by atoms with van der Waals surface area (Å²) in [6.45, 7) is 0. The second kappa shape index (κ2) is 5.35. The summed E-state index contributed by atoms with van der Waals surface area (Å²) in [5.41, 5.74) is 1.27. The number of hydrogen-bond acceptors (Lipinski definition) is 4. The Kier molecular flexibility index (Phi) is 3.17. The molecule has 3 aromatic carbocycles.